The fourth-order valence-electron chi connectivity index (χ4n) is 1.85. The van der Waals surface area contributed by atoms with E-state index >= 15 is 0 Å². The smallest absolute Gasteiger partial charge is 0.341 e. The zero-order valence-electron chi connectivity index (χ0n) is 10.4. The lowest BCUT2D eigenvalue weighted by Gasteiger charge is -2.08. The van der Waals surface area contributed by atoms with Crippen molar-refractivity contribution in [1.82, 2.24) is 9.97 Å². The Balaban J connectivity index is 2.12. The molecule has 0 unspecified atom stereocenters. The Morgan fingerprint density at radius 3 is 2.75 bits per heavy atom. The van der Waals surface area contributed by atoms with Crippen LogP contribution in [0.15, 0.2) is 54.9 Å². The lowest BCUT2D eigenvalue weighted by molar-refractivity contribution is 0.0693. The first-order chi connectivity index (χ1) is 9.74. The molecule has 20 heavy (non-hydrogen) atoms. The molecule has 0 bridgehead atoms. The van der Waals surface area contributed by atoms with E-state index in [1.807, 2.05) is 18.2 Å². The Labute approximate surface area is 114 Å². The number of hydrogen-bond acceptors (Lipinski definition) is 4. The monoisotopic (exact) mass is 266 g/mol. The second-order valence-electron chi connectivity index (χ2n) is 4.13. The number of aromatic nitrogens is 2. The number of aromatic carboxylic acids is 1. The number of carboxylic acids is 1. The average molecular weight is 266 g/mol. The maximum Gasteiger partial charge on any atom is 0.341 e. The number of nitrogens with zero attached hydrogens (tertiary/aromatic N) is 2. The predicted octanol–water partition coefficient (Wildman–Crippen LogP) is 3.12. The van der Waals surface area contributed by atoms with Crippen LogP contribution >= 0.6 is 0 Å². The van der Waals surface area contributed by atoms with Gasteiger partial charge in [-0.3, -0.25) is 4.98 Å². The van der Waals surface area contributed by atoms with Crippen LogP contribution in [0, 0.1) is 0 Å². The molecule has 2 aromatic heterocycles. The minimum Gasteiger partial charge on any atom is -0.477 e. The van der Waals surface area contributed by atoms with Crippen LogP contribution in [0.25, 0.3) is 10.9 Å². The highest BCUT2D eigenvalue weighted by molar-refractivity contribution is 5.95. The molecule has 0 radical (unpaired) electrons. The number of ether oxygens (including phenoxy) is 1. The zero-order chi connectivity index (χ0) is 13.9. The number of pyridine rings is 2. The van der Waals surface area contributed by atoms with Crippen molar-refractivity contribution in [3.05, 3.63) is 60.4 Å². The summed E-state index contributed by atoms with van der Waals surface area (Å²) in [5, 5.41) is 10.0. The quantitative estimate of drug-likeness (QED) is 0.788. The van der Waals surface area contributed by atoms with E-state index < -0.39 is 5.97 Å². The van der Waals surface area contributed by atoms with Gasteiger partial charge >= 0.3 is 5.97 Å². The maximum absolute atomic E-state index is 11.3. The summed E-state index contributed by atoms with van der Waals surface area (Å²) in [4.78, 5) is 19.5. The first kappa shape index (κ1) is 12.1. The Hall–Kier alpha value is -2.95. The molecule has 5 nitrogen and oxygen atoms in total. The van der Waals surface area contributed by atoms with Gasteiger partial charge in [0.05, 0.1) is 11.7 Å². The van der Waals surface area contributed by atoms with Gasteiger partial charge in [0.15, 0.2) is 0 Å². The minimum absolute atomic E-state index is 0.0209. The molecule has 0 saturated carbocycles. The van der Waals surface area contributed by atoms with Crippen molar-refractivity contribution in [3.63, 3.8) is 0 Å². The highest BCUT2D eigenvalue weighted by Gasteiger charge is 2.15. The minimum atomic E-state index is -1.08. The van der Waals surface area contributed by atoms with E-state index in [0.717, 1.165) is 5.39 Å². The van der Waals surface area contributed by atoms with Crippen LogP contribution in [-0.2, 0) is 0 Å². The van der Waals surface area contributed by atoms with Crippen LogP contribution in [0.1, 0.15) is 10.4 Å². The fourth-order valence-corrected chi connectivity index (χ4v) is 1.85. The van der Waals surface area contributed by atoms with Gasteiger partial charge in [0.1, 0.15) is 11.3 Å². The average Bonchev–Trinajstić information content (AvgIpc) is 2.47. The predicted molar refractivity (Wildman–Crippen MR) is 73.0 cm³/mol. The van der Waals surface area contributed by atoms with Gasteiger partial charge in [-0.15, -0.1) is 0 Å². The van der Waals surface area contributed by atoms with Crippen molar-refractivity contribution >= 4 is 16.9 Å². The lowest BCUT2D eigenvalue weighted by Crippen LogP contribution is -2.02. The van der Waals surface area contributed by atoms with Gasteiger partial charge in [-0.2, -0.15) is 0 Å². The van der Waals surface area contributed by atoms with Gasteiger partial charge in [0.25, 0.3) is 0 Å². The summed E-state index contributed by atoms with van der Waals surface area (Å²) < 4.78 is 5.52. The maximum atomic E-state index is 11.3. The van der Waals surface area contributed by atoms with E-state index in [-0.39, 0.29) is 11.4 Å². The SMILES string of the molecule is O=C(O)c1cc2ccccc2nc1Oc1cccnc1. The third kappa shape index (κ3) is 2.29. The number of rotatable bonds is 3. The molecule has 0 aliphatic heterocycles. The number of carboxylic acid groups (broad SMARTS) is 1. The topological polar surface area (TPSA) is 72.3 Å². The molecule has 0 atom stereocenters. The van der Waals surface area contributed by atoms with Gasteiger partial charge in [0, 0.05) is 11.6 Å². The summed E-state index contributed by atoms with van der Waals surface area (Å²) in [7, 11) is 0. The van der Waals surface area contributed by atoms with Gasteiger partial charge in [-0.25, -0.2) is 9.78 Å². The number of benzene rings is 1. The molecular weight excluding hydrogens is 256 g/mol. The highest BCUT2D eigenvalue weighted by Crippen LogP contribution is 2.26. The van der Waals surface area contributed by atoms with E-state index in [4.69, 9.17) is 4.74 Å². The molecule has 0 aliphatic rings. The summed E-state index contributed by atoms with van der Waals surface area (Å²) in [5.74, 6) is -0.580. The number of hydrogen-bond donors (Lipinski definition) is 1. The van der Waals surface area contributed by atoms with Crippen molar-refractivity contribution in [3.8, 4) is 11.6 Å². The molecule has 98 valence electrons. The molecule has 1 N–H and O–H groups in total. The Bertz CT molecular complexity index is 772. The first-order valence-electron chi connectivity index (χ1n) is 5.95. The second-order valence-corrected chi connectivity index (χ2v) is 4.13. The van der Waals surface area contributed by atoms with Crippen LogP contribution < -0.4 is 4.74 Å². The molecule has 0 saturated heterocycles. The van der Waals surface area contributed by atoms with Crippen molar-refractivity contribution in [2.45, 2.75) is 0 Å². The Kier molecular flexibility index (Phi) is 3.01. The third-order valence-electron chi connectivity index (χ3n) is 2.77. The van der Waals surface area contributed by atoms with Crippen LogP contribution in [0.4, 0.5) is 0 Å². The van der Waals surface area contributed by atoms with Crippen LogP contribution in [0.2, 0.25) is 0 Å². The molecule has 3 rings (SSSR count). The van der Waals surface area contributed by atoms with Crippen molar-refractivity contribution < 1.29 is 14.6 Å². The molecule has 0 aliphatic carbocycles. The van der Waals surface area contributed by atoms with Gasteiger partial charge in [0.2, 0.25) is 5.88 Å². The lowest BCUT2D eigenvalue weighted by atomic mass is 10.1. The van der Waals surface area contributed by atoms with Crippen LogP contribution in [-0.4, -0.2) is 21.0 Å². The van der Waals surface area contributed by atoms with Gasteiger partial charge < -0.3 is 9.84 Å². The van der Waals surface area contributed by atoms with Crippen molar-refractivity contribution in [2.75, 3.05) is 0 Å². The van der Waals surface area contributed by atoms with Crippen molar-refractivity contribution in [1.29, 1.82) is 0 Å². The highest BCUT2D eigenvalue weighted by atomic mass is 16.5. The number of fused-ring (bicyclic) bond motifs is 1. The van der Waals surface area contributed by atoms with E-state index in [0.29, 0.717) is 11.3 Å². The molecule has 0 spiro atoms. The Morgan fingerprint density at radius 2 is 2.00 bits per heavy atom. The summed E-state index contributed by atoms with van der Waals surface area (Å²) in [6.07, 6.45) is 3.11. The molecule has 5 heteroatoms. The number of para-hydroxylation sites is 1. The molecule has 1 aromatic carbocycles. The molecule has 3 aromatic rings. The summed E-state index contributed by atoms with van der Waals surface area (Å²) in [6.45, 7) is 0. The standard InChI is InChI=1S/C15H10N2O3/c18-15(19)12-8-10-4-1-2-6-13(10)17-14(12)20-11-5-3-7-16-9-11/h1-9H,(H,18,19). The first-order valence-corrected chi connectivity index (χ1v) is 5.95. The largest absolute Gasteiger partial charge is 0.477 e. The molecular formula is C15H10N2O3. The summed E-state index contributed by atoms with van der Waals surface area (Å²) in [6, 6.07) is 12.2. The van der Waals surface area contributed by atoms with E-state index in [1.165, 1.54) is 6.20 Å². The van der Waals surface area contributed by atoms with Crippen molar-refractivity contribution in [2.24, 2.45) is 0 Å². The van der Waals surface area contributed by atoms with Gasteiger partial charge in [-0.05, 0) is 24.3 Å². The zero-order valence-corrected chi connectivity index (χ0v) is 10.4. The van der Waals surface area contributed by atoms with E-state index in [1.54, 1.807) is 30.5 Å². The molecule has 0 fully saturated rings. The Morgan fingerprint density at radius 1 is 1.15 bits per heavy atom. The summed E-state index contributed by atoms with van der Waals surface area (Å²) in [5.41, 5.74) is 0.698. The molecule has 2 heterocycles. The van der Waals surface area contributed by atoms with Crippen LogP contribution in [0.3, 0.4) is 0 Å². The third-order valence-corrected chi connectivity index (χ3v) is 2.77. The second kappa shape index (κ2) is 4.97. The number of carbonyl (C=O) groups is 1. The van der Waals surface area contributed by atoms with E-state index in [2.05, 4.69) is 9.97 Å². The normalized spacial score (nSPS) is 10.4. The molecule has 0 amide bonds. The van der Waals surface area contributed by atoms with Crippen LogP contribution in [0.5, 0.6) is 11.6 Å². The van der Waals surface area contributed by atoms with E-state index in [9.17, 15) is 9.90 Å². The fraction of sp³-hybridized carbons (Fsp3) is 0. The summed E-state index contributed by atoms with van der Waals surface area (Å²) >= 11 is 0. The van der Waals surface area contributed by atoms with Gasteiger partial charge in [-0.1, -0.05) is 18.2 Å².